The van der Waals surface area contributed by atoms with Crippen molar-refractivity contribution < 1.29 is 9.53 Å². The lowest BCUT2D eigenvalue weighted by atomic mass is 10.3. The zero-order valence-electron chi connectivity index (χ0n) is 12.1. The molecule has 0 spiro atoms. The zero-order chi connectivity index (χ0) is 14.7. The molecule has 0 aliphatic carbocycles. The lowest BCUT2D eigenvalue weighted by Crippen LogP contribution is -2.41. The molecule has 0 saturated carbocycles. The van der Waals surface area contributed by atoms with Crippen LogP contribution in [0.25, 0.3) is 5.65 Å². The van der Waals surface area contributed by atoms with E-state index in [1.54, 1.807) is 22.8 Å². The molecule has 1 N–H and O–H groups in total. The van der Waals surface area contributed by atoms with Gasteiger partial charge in [0.15, 0.2) is 5.65 Å². The van der Waals surface area contributed by atoms with Gasteiger partial charge in [0.25, 0.3) is 5.91 Å². The molecule has 1 saturated heterocycles. The van der Waals surface area contributed by atoms with E-state index >= 15 is 0 Å². The Morgan fingerprint density at radius 3 is 3.05 bits per heavy atom. The molecule has 1 aliphatic heterocycles. The molecule has 1 fully saturated rings. The number of ether oxygens (including phenoxy) is 1. The van der Waals surface area contributed by atoms with E-state index in [4.69, 9.17) is 4.74 Å². The molecule has 2 aromatic rings. The van der Waals surface area contributed by atoms with Gasteiger partial charge in [-0.3, -0.25) is 9.69 Å². The van der Waals surface area contributed by atoms with Crippen molar-refractivity contribution in [1.29, 1.82) is 0 Å². The highest BCUT2D eigenvalue weighted by Crippen LogP contribution is 2.06. The number of hydrogen-bond donors (Lipinski definition) is 1. The van der Waals surface area contributed by atoms with Gasteiger partial charge in [-0.05, 0) is 13.0 Å². The van der Waals surface area contributed by atoms with Crippen LogP contribution < -0.4 is 5.32 Å². The van der Waals surface area contributed by atoms with Crippen LogP contribution in [-0.4, -0.2) is 64.8 Å². The molecule has 0 atom stereocenters. The molecule has 1 aliphatic rings. The Morgan fingerprint density at radius 1 is 1.43 bits per heavy atom. The first kappa shape index (κ1) is 14.0. The highest BCUT2D eigenvalue weighted by atomic mass is 16.5. The van der Waals surface area contributed by atoms with Crippen LogP contribution in [0.5, 0.6) is 0 Å². The lowest BCUT2D eigenvalue weighted by molar-refractivity contribution is 0.0383. The van der Waals surface area contributed by atoms with E-state index in [9.17, 15) is 4.79 Å². The third-order valence-electron chi connectivity index (χ3n) is 3.59. The monoisotopic (exact) mass is 289 g/mol. The maximum Gasteiger partial charge on any atom is 0.270 e. The summed E-state index contributed by atoms with van der Waals surface area (Å²) in [6.45, 7) is 6.75. The first-order chi connectivity index (χ1) is 10.2. The normalized spacial score (nSPS) is 16.2. The van der Waals surface area contributed by atoms with Gasteiger partial charge >= 0.3 is 0 Å². The summed E-state index contributed by atoms with van der Waals surface area (Å²) in [5, 5.41) is 7.06. The fourth-order valence-corrected chi connectivity index (χ4v) is 2.43. The van der Waals surface area contributed by atoms with Crippen molar-refractivity contribution in [3.63, 3.8) is 0 Å². The van der Waals surface area contributed by atoms with Crippen LogP contribution in [0.1, 0.15) is 16.2 Å². The minimum Gasteiger partial charge on any atom is -0.379 e. The van der Waals surface area contributed by atoms with E-state index in [-0.39, 0.29) is 5.91 Å². The number of carbonyl (C=O) groups excluding carboxylic acids is 1. The number of aromatic nitrogens is 3. The Morgan fingerprint density at radius 2 is 2.24 bits per heavy atom. The summed E-state index contributed by atoms with van der Waals surface area (Å²) in [6, 6.07) is 3.54. The molecule has 0 radical (unpaired) electrons. The summed E-state index contributed by atoms with van der Waals surface area (Å²) in [6.07, 6.45) is 1.68. The Bertz CT molecular complexity index is 633. The van der Waals surface area contributed by atoms with Crippen LogP contribution in [0, 0.1) is 6.92 Å². The number of carbonyl (C=O) groups is 1. The number of hydrogen-bond acceptors (Lipinski definition) is 5. The molecular formula is C14H19N5O2. The molecule has 3 heterocycles. The Hall–Kier alpha value is -1.99. The maximum atomic E-state index is 12.2. The average Bonchev–Trinajstić information content (AvgIpc) is 2.97. The van der Waals surface area contributed by atoms with E-state index in [0.717, 1.165) is 38.5 Å². The third-order valence-corrected chi connectivity index (χ3v) is 3.59. The van der Waals surface area contributed by atoms with Crippen molar-refractivity contribution in [2.75, 3.05) is 39.4 Å². The number of amides is 1. The quantitative estimate of drug-likeness (QED) is 0.864. The second-order valence-corrected chi connectivity index (χ2v) is 5.09. The number of rotatable bonds is 4. The minimum atomic E-state index is -0.143. The van der Waals surface area contributed by atoms with Crippen molar-refractivity contribution in [3.05, 3.63) is 29.7 Å². The molecule has 2 aromatic heterocycles. The number of nitrogens with zero attached hydrogens (tertiary/aromatic N) is 4. The average molecular weight is 289 g/mol. The molecule has 0 bridgehead atoms. The van der Waals surface area contributed by atoms with Crippen LogP contribution in [0.4, 0.5) is 0 Å². The molecule has 0 unspecified atom stereocenters. The molecular weight excluding hydrogens is 270 g/mol. The smallest absolute Gasteiger partial charge is 0.270 e. The summed E-state index contributed by atoms with van der Waals surface area (Å²) >= 11 is 0. The van der Waals surface area contributed by atoms with Gasteiger partial charge in [0.05, 0.1) is 19.4 Å². The number of aryl methyl sites for hydroxylation is 1. The lowest BCUT2D eigenvalue weighted by Gasteiger charge is -2.26. The molecule has 21 heavy (non-hydrogen) atoms. The van der Waals surface area contributed by atoms with Crippen LogP contribution >= 0.6 is 0 Å². The summed E-state index contributed by atoms with van der Waals surface area (Å²) in [7, 11) is 0. The van der Waals surface area contributed by atoms with Crippen LogP contribution in [-0.2, 0) is 4.74 Å². The van der Waals surface area contributed by atoms with Crippen molar-refractivity contribution >= 4 is 11.6 Å². The number of nitrogens with one attached hydrogen (secondary N) is 1. The first-order valence-electron chi connectivity index (χ1n) is 7.14. The van der Waals surface area contributed by atoms with Gasteiger partial charge in [-0.15, -0.1) is 0 Å². The summed E-state index contributed by atoms with van der Waals surface area (Å²) in [5.41, 5.74) is 2.01. The summed E-state index contributed by atoms with van der Waals surface area (Å²) in [4.78, 5) is 18.8. The van der Waals surface area contributed by atoms with Crippen molar-refractivity contribution in [3.8, 4) is 0 Å². The topological polar surface area (TPSA) is 71.8 Å². The Labute approximate surface area is 122 Å². The van der Waals surface area contributed by atoms with Crippen molar-refractivity contribution in [2.24, 2.45) is 0 Å². The van der Waals surface area contributed by atoms with Gasteiger partial charge in [0.2, 0.25) is 0 Å². The van der Waals surface area contributed by atoms with E-state index < -0.39 is 0 Å². The fourth-order valence-electron chi connectivity index (χ4n) is 2.43. The molecule has 3 rings (SSSR count). The second kappa shape index (κ2) is 6.19. The predicted molar refractivity (Wildman–Crippen MR) is 77.3 cm³/mol. The standard InChI is InChI=1S/C14H19N5O2/c1-11-10-12(17-13-2-3-16-19(11)13)14(20)15-4-5-18-6-8-21-9-7-18/h2-3,10H,4-9H2,1H3,(H,15,20). The van der Waals surface area contributed by atoms with E-state index in [2.05, 4.69) is 20.3 Å². The molecule has 112 valence electrons. The van der Waals surface area contributed by atoms with E-state index in [1.807, 2.05) is 6.92 Å². The van der Waals surface area contributed by atoms with Gasteiger partial charge in [0, 0.05) is 37.9 Å². The van der Waals surface area contributed by atoms with E-state index in [0.29, 0.717) is 17.9 Å². The number of fused-ring (bicyclic) bond motifs is 1. The fraction of sp³-hybridized carbons (Fsp3) is 0.500. The maximum absolute atomic E-state index is 12.2. The van der Waals surface area contributed by atoms with Gasteiger partial charge < -0.3 is 10.1 Å². The molecule has 7 nitrogen and oxygen atoms in total. The predicted octanol–water partition coefficient (Wildman–Crippen LogP) is 0.0997. The van der Waals surface area contributed by atoms with E-state index in [1.165, 1.54) is 0 Å². The van der Waals surface area contributed by atoms with Crippen LogP contribution in [0.3, 0.4) is 0 Å². The summed E-state index contributed by atoms with van der Waals surface area (Å²) < 4.78 is 7.01. The number of morpholine rings is 1. The second-order valence-electron chi connectivity index (χ2n) is 5.09. The highest BCUT2D eigenvalue weighted by Gasteiger charge is 2.13. The third kappa shape index (κ3) is 3.20. The van der Waals surface area contributed by atoms with Crippen LogP contribution in [0.15, 0.2) is 18.3 Å². The molecule has 7 heteroatoms. The zero-order valence-corrected chi connectivity index (χ0v) is 12.1. The van der Waals surface area contributed by atoms with Crippen molar-refractivity contribution in [2.45, 2.75) is 6.92 Å². The van der Waals surface area contributed by atoms with Gasteiger partial charge in [-0.1, -0.05) is 0 Å². The molecule has 1 amide bonds. The van der Waals surface area contributed by atoms with Gasteiger partial charge in [-0.25, -0.2) is 9.50 Å². The SMILES string of the molecule is Cc1cc(C(=O)NCCN2CCOCC2)nc2ccnn12. The first-order valence-corrected chi connectivity index (χ1v) is 7.14. The Balaban J connectivity index is 1.58. The van der Waals surface area contributed by atoms with Crippen molar-refractivity contribution in [1.82, 2.24) is 24.8 Å². The highest BCUT2D eigenvalue weighted by molar-refractivity contribution is 5.92. The summed E-state index contributed by atoms with van der Waals surface area (Å²) in [5.74, 6) is -0.143. The van der Waals surface area contributed by atoms with Gasteiger partial charge in [-0.2, -0.15) is 5.10 Å². The van der Waals surface area contributed by atoms with Crippen LogP contribution in [0.2, 0.25) is 0 Å². The largest absolute Gasteiger partial charge is 0.379 e. The molecule has 0 aromatic carbocycles. The minimum absolute atomic E-state index is 0.143. The Kier molecular flexibility index (Phi) is 4.12. The van der Waals surface area contributed by atoms with Gasteiger partial charge in [0.1, 0.15) is 5.69 Å².